The summed E-state index contributed by atoms with van der Waals surface area (Å²) in [6.45, 7) is 8.83. The highest BCUT2D eigenvalue weighted by Gasteiger charge is 2.30. The third-order valence-electron chi connectivity index (χ3n) is 4.44. The molecule has 0 bridgehead atoms. The van der Waals surface area contributed by atoms with Crippen LogP contribution in [0.1, 0.15) is 63.0 Å². The first-order valence-corrected chi connectivity index (χ1v) is 7.59. The Balaban J connectivity index is 2.23. The molecule has 1 saturated carbocycles. The normalized spacial score (nSPS) is 29.2. The number of rotatable bonds is 3. The second kappa shape index (κ2) is 6.00. The zero-order chi connectivity index (χ0) is 14.0. The van der Waals surface area contributed by atoms with Crippen molar-refractivity contribution in [1.29, 1.82) is 0 Å². The van der Waals surface area contributed by atoms with E-state index in [9.17, 15) is 0 Å². The maximum Gasteiger partial charge on any atom is 0.0676 e. The van der Waals surface area contributed by atoms with Gasteiger partial charge in [0.05, 0.1) is 11.4 Å². The van der Waals surface area contributed by atoms with Crippen molar-refractivity contribution in [2.45, 2.75) is 59.4 Å². The molecule has 3 nitrogen and oxygen atoms in total. The van der Waals surface area contributed by atoms with Gasteiger partial charge in [0.15, 0.2) is 0 Å². The van der Waals surface area contributed by atoms with Gasteiger partial charge in [-0.2, -0.15) is 10.2 Å². The van der Waals surface area contributed by atoms with Crippen LogP contribution in [0, 0.1) is 24.7 Å². The van der Waals surface area contributed by atoms with Crippen molar-refractivity contribution < 1.29 is 0 Å². The first kappa shape index (κ1) is 14.4. The highest BCUT2D eigenvalue weighted by atomic mass is 15.1. The van der Waals surface area contributed by atoms with Gasteiger partial charge in [0.1, 0.15) is 0 Å². The molecular weight excluding hydrogens is 234 g/mol. The molecule has 0 saturated heterocycles. The fraction of sp³-hybridized carbons (Fsp3) is 0.750. The predicted molar refractivity (Wildman–Crippen MR) is 78.7 cm³/mol. The summed E-state index contributed by atoms with van der Waals surface area (Å²) in [6.07, 6.45) is 4.75. The molecule has 2 N–H and O–H groups in total. The lowest BCUT2D eigenvalue weighted by molar-refractivity contribution is 0.193. The Kier molecular flexibility index (Phi) is 4.56. The van der Waals surface area contributed by atoms with Crippen LogP contribution in [-0.4, -0.2) is 10.2 Å². The average Bonchev–Trinajstić information content (AvgIpc) is 2.36. The molecule has 1 aliphatic carbocycles. The molecule has 3 atom stereocenters. The van der Waals surface area contributed by atoms with Gasteiger partial charge >= 0.3 is 0 Å². The molecule has 0 spiro atoms. The molecule has 0 aromatic carbocycles. The minimum atomic E-state index is 0.120. The van der Waals surface area contributed by atoms with E-state index in [2.05, 4.69) is 37.0 Å². The molecule has 3 unspecified atom stereocenters. The third-order valence-corrected chi connectivity index (χ3v) is 4.44. The van der Waals surface area contributed by atoms with Gasteiger partial charge in [0, 0.05) is 6.04 Å². The number of nitrogens with two attached hydrogens (primary N) is 1. The average molecular weight is 261 g/mol. The highest BCUT2D eigenvalue weighted by molar-refractivity contribution is 5.25. The molecule has 3 heteroatoms. The summed E-state index contributed by atoms with van der Waals surface area (Å²) in [5.74, 6) is 2.18. The van der Waals surface area contributed by atoms with Crippen molar-refractivity contribution in [3.05, 3.63) is 23.0 Å². The molecule has 0 aliphatic heterocycles. The van der Waals surface area contributed by atoms with Gasteiger partial charge in [-0.05, 0) is 62.0 Å². The van der Waals surface area contributed by atoms with E-state index in [1.165, 1.54) is 24.8 Å². The lowest BCUT2D eigenvalue weighted by atomic mass is 9.72. The minimum Gasteiger partial charge on any atom is -0.324 e. The Morgan fingerprint density at radius 2 is 1.84 bits per heavy atom. The third kappa shape index (κ3) is 3.33. The minimum absolute atomic E-state index is 0.120. The summed E-state index contributed by atoms with van der Waals surface area (Å²) in [5, 5.41) is 8.48. The highest BCUT2D eigenvalue weighted by Crippen LogP contribution is 2.39. The summed E-state index contributed by atoms with van der Waals surface area (Å²) >= 11 is 0. The van der Waals surface area contributed by atoms with E-state index >= 15 is 0 Å². The smallest absolute Gasteiger partial charge is 0.0676 e. The van der Waals surface area contributed by atoms with Crippen molar-refractivity contribution in [3.63, 3.8) is 0 Å². The summed E-state index contributed by atoms with van der Waals surface area (Å²) in [4.78, 5) is 0. The fourth-order valence-corrected chi connectivity index (χ4v) is 3.65. The second-order valence-corrected chi connectivity index (χ2v) is 6.44. The van der Waals surface area contributed by atoms with Gasteiger partial charge in [-0.25, -0.2) is 0 Å². The zero-order valence-corrected chi connectivity index (χ0v) is 12.7. The zero-order valence-electron chi connectivity index (χ0n) is 12.7. The number of nitrogens with zero attached hydrogens (tertiary/aromatic N) is 2. The van der Waals surface area contributed by atoms with Gasteiger partial charge in [0.25, 0.3) is 0 Å². The van der Waals surface area contributed by atoms with Gasteiger partial charge in [0.2, 0.25) is 0 Å². The van der Waals surface area contributed by atoms with E-state index in [0.717, 1.165) is 29.6 Å². The van der Waals surface area contributed by atoms with Crippen LogP contribution in [0.3, 0.4) is 0 Å². The Morgan fingerprint density at radius 3 is 2.42 bits per heavy atom. The van der Waals surface area contributed by atoms with Crippen molar-refractivity contribution in [2.24, 2.45) is 23.5 Å². The molecule has 1 aromatic rings. The first-order valence-electron chi connectivity index (χ1n) is 7.59. The lowest BCUT2D eigenvalue weighted by Crippen LogP contribution is -2.30. The Labute approximate surface area is 117 Å². The van der Waals surface area contributed by atoms with Crippen LogP contribution in [0.2, 0.25) is 0 Å². The molecule has 1 aliphatic rings. The van der Waals surface area contributed by atoms with Crippen molar-refractivity contribution in [3.8, 4) is 0 Å². The number of aromatic nitrogens is 2. The van der Waals surface area contributed by atoms with E-state index in [0.29, 0.717) is 5.92 Å². The summed E-state index contributed by atoms with van der Waals surface area (Å²) < 4.78 is 0. The molecule has 2 rings (SSSR count). The maximum absolute atomic E-state index is 6.57. The molecule has 0 radical (unpaired) electrons. The van der Waals surface area contributed by atoms with Gasteiger partial charge < -0.3 is 5.73 Å². The van der Waals surface area contributed by atoms with E-state index in [-0.39, 0.29) is 6.04 Å². The van der Waals surface area contributed by atoms with Gasteiger partial charge in [-0.3, -0.25) is 0 Å². The SMILES string of the molecule is CCc1nnc(C)cc1C(N)C1CC(C)CC(C)C1. The van der Waals surface area contributed by atoms with Crippen molar-refractivity contribution in [2.75, 3.05) is 0 Å². The van der Waals surface area contributed by atoms with Gasteiger partial charge in [-0.1, -0.05) is 20.8 Å². The van der Waals surface area contributed by atoms with Gasteiger partial charge in [-0.15, -0.1) is 0 Å². The summed E-state index contributed by atoms with van der Waals surface area (Å²) in [6, 6.07) is 2.26. The quantitative estimate of drug-likeness (QED) is 0.907. The molecule has 1 fully saturated rings. The molecule has 1 heterocycles. The van der Waals surface area contributed by atoms with E-state index in [1.54, 1.807) is 0 Å². The van der Waals surface area contributed by atoms with Crippen molar-refractivity contribution >= 4 is 0 Å². The predicted octanol–water partition coefficient (Wildman–Crippen LogP) is 3.42. The van der Waals surface area contributed by atoms with E-state index in [4.69, 9.17) is 5.73 Å². The van der Waals surface area contributed by atoms with Crippen LogP contribution in [0.4, 0.5) is 0 Å². The van der Waals surface area contributed by atoms with Crippen LogP contribution in [0.25, 0.3) is 0 Å². The molecular formula is C16H27N3. The Hall–Kier alpha value is -0.960. The standard InChI is InChI=1S/C16H27N3/c1-5-15-14(9-12(4)18-19-15)16(17)13-7-10(2)6-11(3)8-13/h9-11,13,16H,5-8,17H2,1-4H3. The maximum atomic E-state index is 6.57. The summed E-state index contributed by atoms with van der Waals surface area (Å²) in [5.41, 5.74) is 9.84. The number of aryl methyl sites for hydroxylation is 2. The second-order valence-electron chi connectivity index (χ2n) is 6.44. The molecule has 1 aromatic heterocycles. The van der Waals surface area contributed by atoms with Crippen molar-refractivity contribution in [1.82, 2.24) is 10.2 Å². The van der Waals surface area contributed by atoms with E-state index in [1.807, 2.05) is 6.92 Å². The monoisotopic (exact) mass is 261 g/mol. The Bertz CT molecular complexity index is 420. The van der Waals surface area contributed by atoms with Crippen LogP contribution in [-0.2, 0) is 6.42 Å². The summed E-state index contributed by atoms with van der Waals surface area (Å²) in [7, 11) is 0. The number of hydrogen-bond acceptors (Lipinski definition) is 3. The molecule has 0 amide bonds. The molecule has 19 heavy (non-hydrogen) atoms. The van der Waals surface area contributed by atoms with Crippen LogP contribution in [0.15, 0.2) is 6.07 Å². The van der Waals surface area contributed by atoms with Crippen LogP contribution >= 0.6 is 0 Å². The van der Waals surface area contributed by atoms with Crippen LogP contribution in [0.5, 0.6) is 0 Å². The lowest BCUT2D eigenvalue weighted by Gasteiger charge is -2.35. The number of hydrogen-bond donors (Lipinski definition) is 1. The molecule has 106 valence electrons. The topological polar surface area (TPSA) is 51.8 Å². The fourth-order valence-electron chi connectivity index (χ4n) is 3.65. The largest absolute Gasteiger partial charge is 0.324 e. The Morgan fingerprint density at radius 1 is 1.21 bits per heavy atom. The first-order chi connectivity index (χ1) is 9.01. The van der Waals surface area contributed by atoms with E-state index < -0.39 is 0 Å². The van der Waals surface area contributed by atoms with Crippen LogP contribution < -0.4 is 5.73 Å².